The Morgan fingerprint density at radius 3 is 2.79 bits per heavy atom. The lowest BCUT2D eigenvalue weighted by Crippen LogP contribution is -2.42. The minimum Gasteiger partial charge on any atom is -0.491 e. The van der Waals surface area contributed by atoms with Gasteiger partial charge in [0, 0.05) is 36.1 Å². The van der Waals surface area contributed by atoms with Crippen molar-refractivity contribution in [3.05, 3.63) is 71.2 Å². The fourth-order valence-corrected chi connectivity index (χ4v) is 3.02. The summed E-state index contributed by atoms with van der Waals surface area (Å²) in [5.74, 6) is 0.437. The Hall–Kier alpha value is -4.14. The molecule has 0 saturated carbocycles. The summed E-state index contributed by atoms with van der Waals surface area (Å²) in [6.45, 7) is 7.59. The molecule has 176 valence electrons. The third-order valence-corrected chi connectivity index (χ3v) is 4.75. The van der Waals surface area contributed by atoms with Gasteiger partial charge in [-0.05, 0) is 30.7 Å². The number of nitrogens with two attached hydrogens (primary N) is 1. The van der Waals surface area contributed by atoms with Gasteiger partial charge in [0.15, 0.2) is 0 Å². The van der Waals surface area contributed by atoms with E-state index in [1.54, 1.807) is 30.5 Å². The van der Waals surface area contributed by atoms with Crippen LogP contribution in [-0.2, 0) is 11.2 Å². The molecule has 3 rings (SSSR count). The predicted molar refractivity (Wildman–Crippen MR) is 128 cm³/mol. The molecule has 0 unspecified atom stereocenters. The van der Waals surface area contributed by atoms with Crippen LogP contribution in [0.25, 0.3) is 4.85 Å². The van der Waals surface area contributed by atoms with Gasteiger partial charge >= 0.3 is 6.03 Å². The summed E-state index contributed by atoms with van der Waals surface area (Å²) in [7, 11) is 0. The maximum atomic E-state index is 12.3. The maximum Gasteiger partial charge on any atom is 0.324 e. The molecule has 1 atom stereocenters. The number of aromatic nitrogens is 3. The number of hydrogen-bond donors (Lipinski definition) is 5. The monoisotopic (exact) mass is 482 g/mol. The Morgan fingerprint density at radius 2 is 2.09 bits per heavy atom. The molecule has 0 radical (unpaired) electrons. The Balaban J connectivity index is 1.45. The molecule has 3 amide bonds. The van der Waals surface area contributed by atoms with Gasteiger partial charge in [-0.3, -0.25) is 15.1 Å². The highest BCUT2D eigenvalue weighted by atomic mass is 35.5. The number of carbonyl (C=O) groups excluding carboxylic acids is 2. The number of ether oxygens (including phenoxy) is 1. The van der Waals surface area contributed by atoms with E-state index in [0.29, 0.717) is 41.5 Å². The van der Waals surface area contributed by atoms with Gasteiger partial charge in [-0.2, -0.15) is 0 Å². The van der Waals surface area contributed by atoms with Crippen LogP contribution in [-0.4, -0.2) is 46.1 Å². The standard InChI is InChI=1S/C22H23ClN8O3/c1-25-15-4-6-20(28-12-15)31-22(33)30-18-9-14(23)3-5-19(18)34-8-2-7-27-21(32)17(24)10-16-11-26-13-29-16/h3-6,9,11-13,17H,2,7-8,10,24H2,(H,26,29)(H,27,32)(H2,28,30,31,33)/t17-/m0/s1. The van der Waals surface area contributed by atoms with Crippen LogP contribution in [0, 0.1) is 6.57 Å². The van der Waals surface area contributed by atoms with Gasteiger partial charge < -0.3 is 26.1 Å². The quantitative estimate of drug-likeness (QED) is 0.221. The number of imidazole rings is 1. The zero-order valence-electron chi connectivity index (χ0n) is 18.0. The lowest BCUT2D eigenvalue weighted by molar-refractivity contribution is -0.122. The number of nitrogens with zero attached hydrogens (tertiary/aromatic N) is 3. The molecule has 0 aliphatic carbocycles. The van der Waals surface area contributed by atoms with Gasteiger partial charge in [0.1, 0.15) is 11.6 Å². The number of benzene rings is 1. The van der Waals surface area contributed by atoms with Crippen LogP contribution in [0.1, 0.15) is 12.1 Å². The Kier molecular flexibility index (Phi) is 8.79. The van der Waals surface area contributed by atoms with E-state index in [2.05, 4.69) is 35.7 Å². The number of anilines is 2. The summed E-state index contributed by atoms with van der Waals surface area (Å²) in [4.78, 5) is 38.5. The highest BCUT2D eigenvalue weighted by molar-refractivity contribution is 6.31. The van der Waals surface area contributed by atoms with Gasteiger partial charge in [-0.1, -0.05) is 17.7 Å². The van der Waals surface area contributed by atoms with Crippen molar-refractivity contribution in [2.75, 3.05) is 23.8 Å². The number of rotatable bonds is 10. The summed E-state index contributed by atoms with van der Waals surface area (Å²) in [5, 5.41) is 8.43. The Bertz CT molecular complexity index is 1150. The Morgan fingerprint density at radius 1 is 1.24 bits per heavy atom. The number of amides is 3. The van der Waals surface area contributed by atoms with Crippen LogP contribution >= 0.6 is 11.6 Å². The smallest absolute Gasteiger partial charge is 0.324 e. The second-order valence-electron chi connectivity index (χ2n) is 7.11. The van der Waals surface area contributed by atoms with Crippen molar-refractivity contribution >= 4 is 40.7 Å². The summed E-state index contributed by atoms with van der Waals surface area (Å²) < 4.78 is 5.76. The molecule has 1 aromatic carbocycles. The van der Waals surface area contributed by atoms with Crippen molar-refractivity contribution < 1.29 is 14.3 Å². The molecule has 0 fully saturated rings. The average molecular weight is 483 g/mol. The number of pyridine rings is 1. The topological polar surface area (TPSA) is 151 Å². The Labute approximate surface area is 200 Å². The zero-order chi connectivity index (χ0) is 24.3. The highest BCUT2D eigenvalue weighted by Crippen LogP contribution is 2.28. The fraction of sp³-hybridized carbons (Fsp3) is 0.227. The van der Waals surface area contributed by atoms with Gasteiger partial charge in [-0.25, -0.2) is 14.6 Å². The van der Waals surface area contributed by atoms with Gasteiger partial charge in [-0.15, -0.1) is 0 Å². The van der Waals surface area contributed by atoms with E-state index >= 15 is 0 Å². The second kappa shape index (κ2) is 12.2. The van der Waals surface area contributed by atoms with E-state index in [-0.39, 0.29) is 18.3 Å². The number of halogens is 1. The number of nitrogens with one attached hydrogen (secondary N) is 4. The third-order valence-electron chi connectivity index (χ3n) is 4.52. The van der Waals surface area contributed by atoms with Crippen molar-refractivity contribution in [2.45, 2.75) is 18.9 Å². The number of hydrogen-bond acceptors (Lipinski definition) is 6. The maximum absolute atomic E-state index is 12.3. The summed E-state index contributed by atoms with van der Waals surface area (Å²) in [5.41, 5.74) is 7.42. The predicted octanol–water partition coefficient (Wildman–Crippen LogP) is 3.11. The van der Waals surface area contributed by atoms with E-state index in [1.165, 1.54) is 18.6 Å². The van der Waals surface area contributed by atoms with Crippen molar-refractivity contribution in [3.63, 3.8) is 0 Å². The number of carbonyl (C=O) groups is 2. The molecule has 0 bridgehead atoms. The third kappa shape index (κ3) is 7.47. The van der Waals surface area contributed by atoms with Crippen LogP contribution < -0.4 is 26.4 Å². The average Bonchev–Trinajstić information content (AvgIpc) is 3.33. The molecule has 0 aliphatic rings. The largest absolute Gasteiger partial charge is 0.491 e. The van der Waals surface area contributed by atoms with Crippen molar-refractivity contribution in [3.8, 4) is 5.75 Å². The molecular weight excluding hydrogens is 460 g/mol. The van der Waals surface area contributed by atoms with E-state index in [9.17, 15) is 9.59 Å². The molecule has 6 N–H and O–H groups in total. The molecular formula is C22H23ClN8O3. The van der Waals surface area contributed by atoms with Crippen LogP contribution in [0.3, 0.4) is 0 Å². The molecule has 2 heterocycles. The van der Waals surface area contributed by atoms with Gasteiger partial charge in [0.2, 0.25) is 11.6 Å². The molecule has 12 heteroatoms. The SMILES string of the molecule is [C-]#[N+]c1ccc(NC(=O)Nc2cc(Cl)ccc2OCCCNC(=O)[C@@H](N)Cc2cnc[nH]2)nc1. The summed E-state index contributed by atoms with van der Waals surface area (Å²) >= 11 is 6.06. The lowest BCUT2D eigenvalue weighted by atomic mass is 10.1. The molecule has 3 aromatic rings. The van der Waals surface area contributed by atoms with E-state index in [4.69, 9.17) is 28.6 Å². The molecule has 2 aromatic heterocycles. The van der Waals surface area contributed by atoms with Gasteiger partial charge in [0.05, 0.1) is 31.2 Å². The fourth-order valence-electron chi connectivity index (χ4n) is 2.84. The molecule has 0 spiro atoms. The van der Waals surface area contributed by atoms with Crippen molar-refractivity contribution in [1.29, 1.82) is 0 Å². The van der Waals surface area contributed by atoms with Crippen molar-refractivity contribution in [2.24, 2.45) is 5.73 Å². The minimum absolute atomic E-state index is 0.266. The zero-order valence-corrected chi connectivity index (χ0v) is 18.8. The first-order valence-corrected chi connectivity index (χ1v) is 10.7. The first-order chi connectivity index (χ1) is 16.4. The second-order valence-corrected chi connectivity index (χ2v) is 7.55. The highest BCUT2D eigenvalue weighted by Gasteiger charge is 2.14. The van der Waals surface area contributed by atoms with Crippen LogP contribution in [0.4, 0.5) is 22.0 Å². The minimum atomic E-state index is -0.681. The summed E-state index contributed by atoms with van der Waals surface area (Å²) in [6.07, 6.45) is 5.41. The van der Waals surface area contributed by atoms with E-state index in [1.807, 2.05) is 0 Å². The van der Waals surface area contributed by atoms with Gasteiger partial charge in [0.25, 0.3) is 0 Å². The van der Waals surface area contributed by atoms with Crippen LogP contribution in [0.15, 0.2) is 49.1 Å². The van der Waals surface area contributed by atoms with Crippen LogP contribution in [0.5, 0.6) is 5.75 Å². The lowest BCUT2D eigenvalue weighted by Gasteiger charge is -2.14. The van der Waals surface area contributed by atoms with E-state index in [0.717, 1.165) is 5.69 Å². The van der Waals surface area contributed by atoms with E-state index < -0.39 is 12.1 Å². The van der Waals surface area contributed by atoms with Crippen LogP contribution in [0.2, 0.25) is 5.02 Å². The van der Waals surface area contributed by atoms with Crippen molar-refractivity contribution in [1.82, 2.24) is 20.3 Å². The number of urea groups is 1. The summed E-state index contributed by atoms with van der Waals surface area (Å²) in [6, 6.07) is 6.68. The number of H-pyrrole nitrogens is 1. The molecule has 34 heavy (non-hydrogen) atoms. The normalized spacial score (nSPS) is 11.2. The first kappa shape index (κ1) is 24.5. The molecule has 11 nitrogen and oxygen atoms in total. The molecule has 0 saturated heterocycles. The first-order valence-electron chi connectivity index (χ1n) is 10.3. The molecule has 0 aliphatic heterocycles. The number of aromatic amines is 1.